The number of nitrogens with two attached hydrogens (primary N) is 1. The Bertz CT molecular complexity index is 272. The van der Waals surface area contributed by atoms with Crippen LogP contribution in [0.15, 0.2) is 18.6 Å². The van der Waals surface area contributed by atoms with E-state index in [0.717, 1.165) is 0 Å². The summed E-state index contributed by atoms with van der Waals surface area (Å²) in [5.74, 6) is 0. The highest BCUT2D eigenvalue weighted by Crippen LogP contribution is 2.10. The molecule has 0 bridgehead atoms. The molecule has 0 spiro atoms. The van der Waals surface area contributed by atoms with Crippen LogP contribution in [-0.2, 0) is 5.54 Å². The van der Waals surface area contributed by atoms with Gasteiger partial charge in [0, 0.05) is 12.4 Å². The molecule has 1 heterocycles. The van der Waals surface area contributed by atoms with E-state index in [9.17, 15) is 0 Å². The topological polar surface area (TPSA) is 75.6 Å². The molecule has 1 aromatic rings. The first-order valence-electron chi connectivity index (χ1n) is 3.13. The van der Waals surface area contributed by atoms with Crippen molar-refractivity contribution in [2.24, 2.45) is 5.73 Å². The second-order valence-corrected chi connectivity index (χ2v) is 2.40. The minimum atomic E-state index is -1.03. The standard InChI is InChI=1S/C7H8N4/c1-7(9,5-8)6-4-10-2-3-11-6/h2-4H,9H2,1H3. The van der Waals surface area contributed by atoms with Crippen LogP contribution in [0.4, 0.5) is 0 Å². The number of aromatic nitrogens is 2. The molecule has 0 aliphatic rings. The maximum atomic E-state index is 8.60. The predicted octanol–water partition coefficient (Wildman–Crippen LogP) is 0.174. The Morgan fingerprint density at radius 1 is 1.64 bits per heavy atom. The van der Waals surface area contributed by atoms with Gasteiger partial charge in [0.25, 0.3) is 0 Å². The van der Waals surface area contributed by atoms with Crippen LogP contribution in [0.5, 0.6) is 0 Å². The lowest BCUT2D eigenvalue weighted by Crippen LogP contribution is -2.31. The van der Waals surface area contributed by atoms with Crippen LogP contribution in [-0.4, -0.2) is 9.97 Å². The number of nitrogens with zero attached hydrogens (tertiary/aromatic N) is 3. The number of nitriles is 1. The molecule has 0 fully saturated rings. The molecular weight excluding hydrogens is 140 g/mol. The van der Waals surface area contributed by atoms with Crippen molar-refractivity contribution in [3.63, 3.8) is 0 Å². The van der Waals surface area contributed by atoms with Crippen molar-refractivity contribution in [3.8, 4) is 6.07 Å². The molecule has 1 aromatic heterocycles. The predicted molar refractivity (Wildman–Crippen MR) is 39.2 cm³/mol. The molecule has 0 amide bonds. The Morgan fingerprint density at radius 2 is 2.36 bits per heavy atom. The highest BCUT2D eigenvalue weighted by atomic mass is 14.9. The second-order valence-electron chi connectivity index (χ2n) is 2.40. The van der Waals surface area contributed by atoms with Gasteiger partial charge in [-0.3, -0.25) is 9.97 Å². The van der Waals surface area contributed by atoms with Gasteiger partial charge in [-0.2, -0.15) is 5.26 Å². The zero-order valence-corrected chi connectivity index (χ0v) is 6.15. The molecular formula is C7H8N4. The van der Waals surface area contributed by atoms with Crippen LogP contribution < -0.4 is 5.73 Å². The summed E-state index contributed by atoms with van der Waals surface area (Å²) in [5.41, 5.74) is 5.03. The normalized spacial score (nSPS) is 15.0. The third kappa shape index (κ3) is 1.51. The zero-order valence-electron chi connectivity index (χ0n) is 6.15. The number of rotatable bonds is 1. The van der Waals surface area contributed by atoms with Crippen molar-refractivity contribution >= 4 is 0 Å². The highest BCUT2D eigenvalue weighted by molar-refractivity contribution is 5.18. The smallest absolute Gasteiger partial charge is 0.145 e. The maximum absolute atomic E-state index is 8.60. The van der Waals surface area contributed by atoms with Gasteiger partial charge < -0.3 is 5.73 Å². The Morgan fingerprint density at radius 3 is 2.82 bits per heavy atom. The highest BCUT2D eigenvalue weighted by Gasteiger charge is 2.21. The lowest BCUT2D eigenvalue weighted by atomic mass is 10.0. The summed E-state index contributed by atoms with van der Waals surface area (Å²) in [4.78, 5) is 7.72. The van der Waals surface area contributed by atoms with Crippen molar-refractivity contribution in [1.82, 2.24) is 9.97 Å². The van der Waals surface area contributed by atoms with Crippen LogP contribution in [0.3, 0.4) is 0 Å². The van der Waals surface area contributed by atoms with Crippen molar-refractivity contribution in [2.75, 3.05) is 0 Å². The quantitative estimate of drug-likeness (QED) is 0.616. The van der Waals surface area contributed by atoms with Crippen molar-refractivity contribution in [1.29, 1.82) is 5.26 Å². The Balaban J connectivity index is 3.05. The van der Waals surface area contributed by atoms with Crippen LogP contribution >= 0.6 is 0 Å². The summed E-state index contributed by atoms with van der Waals surface area (Å²) in [7, 11) is 0. The molecule has 11 heavy (non-hydrogen) atoms. The maximum Gasteiger partial charge on any atom is 0.145 e. The molecule has 1 rings (SSSR count). The minimum Gasteiger partial charge on any atom is -0.309 e. The van der Waals surface area contributed by atoms with E-state index in [1.54, 1.807) is 6.92 Å². The molecule has 0 saturated heterocycles. The van der Waals surface area contributed by atoms with Gasteiger partial charge in [-0.1, -0.05) is 0 Å². The Kier molecular flexibility index (Phi) is 1.83. The van der Waals surface area contributed by atoms with Gasteiger partial charge in [0.15, 0.2) is 0 Å². The van der Waals surface area contributed by atoms with Crippen LogP contribution in [0.25, 0.3) is 0 Å². The average molecular weight is 148 g/mol. The van der Waals surface area contributed by atoms with Crippen molar-refractivity contribution in [2.45, 2.75) is 12.5 Å². The van der Waals surface area contributed by atoms with Crippen LogP contribution in [0, 0.1) is 11.3 Å². The third-order valence-electron chi connectivity index (χ3n) is 1.33. The van der Waals surface area contributed by atoms with E-state index < -0.39 is 5.54 Å². The summed E-state index contributed by atoms with van der Waals surface area (Å²) in [6.45, 7) is 1.59. The van der Waals surface area contributed by atoms with Gasteiger partial charge in [-0.25, -0.2) is 0 Å². The van der Waals surface area contributed by atoms with Gasteiger partial charge in [-0.05, 0) is 6.92 Å². The molecule has 4 nitrogen and oxygen atoms in total. The van der Waals surface area contributed by atoms with E-state index in [-0.39, 0.29) is 0 Å². The first kappa shape index (κ1) is 7.63. The Labute approximate surface area is 64.7 Å². The summed E-state index contributed by atoms with van der Waals surface area (Å²) in [6, 6.07) is 1.93. The lowest BCUT2D eigenvalue weighted by molar-refractivity contribution is 0.618. The van der Waals surface area contributed by atoms with Gasteiger partial charge >= 0.3 is 0 Å². The first-order chi connectivity index (χ1) is 5.17. The SMILES string of the molecule is CC(N)(C#N)c1cnccn1. The fourth-order valence-corrected chi connectivity index (χ4v) is 0.625. The molecule has 0 saturated carbocycles. The van der Waals surface area contributed by atoms with E-state index in [2.05, 4.69) is 9.97 Å². The first-order valence-corrected chi connectivity index (χ1v) is 3.13. The van der Waals surface area contributed by atoms with Crippen LogP contribution in [0.2, 0.25) is 0 Å². The van der Waals surface area contributed by atoms with E-state index in [0.29, 0.717) is 5.69 Å². The second kappa shape index (κ2) is 2.64. The average Bonchev–Trinajstić information content (AvgIpc) is 2.06. The molecule has 0 aromatic carbocycles. The van der Waals surface area contributed by atoms with Gasteiger partial charge in [0.05, 0.1) is 18.0 Å². The van der Waals surface area contributed by atoms with E-state index in [1.807, 2.05) is 6.07 Å². The zero-order chi connectivity index (χ0) is 8.32. The molecule has 0 radical (unpaired) electrons. The Hall–Kier alpha value is -1.47. The molecule has 1 unspecified atom stereocenters. The van der Waals surface area contributed by atoms with E-state index >= 15 is 0 Å². The molecule has 2 N–H and O–H groups in total. The molecule has 56 valence electrons. The molecule has 0 aliphatic carbocycles. The van der Waals surface area contributed by atoms with Crippen LogP contribution in [0.1, 0.15) is 12.6 Å². The number of hydrogen-bond acceptors (Lipinski definition) is 4. The van der Waals surface area contributed by atoms with E-state index in [4.69, 9.17) is 11.0 Å². The fraction of sp³-hybridized carbons (Fsp3) is 0.286. The van der Waals surface area contributed by atoms with Crippen molar-refractivity contribution in [3.05, 3.63) is 24.3 Å². The largest absolute Gasteiger partial charge is 0.309 e. The summed E-state index contributed by atoms with van der Waals surface area (Å²) in [6.07, 6.45) is 4.54. The molecule has 4 heteroatoms. The van der Waals surface area contributed by atoms with Gasteiger partial charge in [0.1, 0.15) is 5.54 Å². The molecule has 0 aliphatic heterocycles. The monoisotopic (exact) mass is 148 g/mol. The fourth-order valence-electron chi connectivity index (χ4n) is 0.625. The van der Waals surface area contributed by atoms with Gasteiger partial charge in [-0.15, -0.1) is 0 Å². The van der Waals surface area contributed by atoms with Crippen molar-refractivity contribution < 1.29 is 0 Å². The summed E-state index contributed by atoms with van der Waals surface area (Å²) >= 11 is 0. The lowest BCUT2D eigenvalue weighted by Gasteiger charge is -2.12. The minimum absolute atomic E-state index is 0.488. The molecule has 1 atom stereocenters. The number of hydrogen-bond donors (Lipinski definition) is 1. The van der Waals surface area contributed by atoms with Gasteiger partial charge in [0.2, 0.25) is 0 Å². The van der Waals surface area contributed by atoms with E-state index in [1.165, 1.54) is 18.6 Å². The third-order valence-corrected chi connectivity index (χ3v) is 1.33. The summed E-state index contributed by atoms with van der Waals surface area (Å²) < 4.78 is 0. The summed E-state index contributed by atoms with van der Waals surface area (Å²) in [5, 5.41) is 8.60.